The van der Waals surface area contributed by atoms with Crippen LogP contribution in [0, 0.1) is 5.82 Å². The molecule has 2 N–H and O–H groups in total. The van der Waals surface area contributed by atoms with Crippen molar-refractivity contribution in [3.05, 3.63) is 35.6 Å². The Labute approximate surface area is 168 Å². The molecular weight excluding hydrogens is 359 g/mol. The highest BCUT2D eigenvalue weighted by Gasteiger charge is 2.16. The number of rotatable bonds is 15. The van der Waals surface area contributed by atoms with Crippen LogP contribution >= 0.6 is 0 Å². The number of carbonyl (C=O) groups excluding carboxylic acids is 1. The molecule has 0 spiro atoms. The topological polar surface area (TPSA) is 69.6 Å². The Balaban J connectivity index is 2.04. The molecule has 158 valence electrons. The van der Waals surface area contributed by atoms with E-state index in [2.05, 4.69) is 5.32 Å². The van der Waals surface area contributed by atoms with Crippen LogP contribution in [0.4, 0.5) is 4.39 Å². The first-order chi connectivity index (χ1) is 13.4. The second kappa shape index (κ2) is 14.1. The Morgan fingerprint density at radius 2 is 1.64 bits per heavy atom. The molecule has 0 saturated heterocycles. The summed E-state index contributed by atoms with van der Waals surface area (Å²) < 4.78 is 13.5. The molecular formula is C22H35FN2O3. The van der Waals surface area contributed by atoms with Gasteiger partial charge in [-0.25, -0.2) is 4.39 Å². The maximum Gasteiger partial charge on any atom is 0.305 e. The van der Waals surface area contributed by atoms with E-state index in [1.165, 1.54) is 6.07 Å². The van der Waals surface area contributed by atoms with Crippen LogP contribution in [0.25, 0.3) is 0 Å². The van der Waals surface area contributed by atoms with Crippen molar-refractivity contribution in [1.82, 2.24) is 10.2 Å². The number of hydrogen-bond acceptors (Lipinski definition) is 3. The Hall–Kier alpha value is -1.95. The van der Waals surface area contributed by atoms with E-state index < -0.39 is 5.97 Å². The second-order valence-corrected chi connectivity index (χ2v) is 7.69. The summed E-state index contributed by atoms with van der Waals surface area (Å²) in [6.45, 7) is 0.519. The Bertz CT molecular complexity index is 593. The predicted molar refractivity (Wildman–Crippen MR) is 110 cm³/mol. The quantitative estimate of drug-likeness (QED) is 0.441. The first-order valence-corrected chi connectivity index (χ1v) is 10.3. The van der Waals surface area contributed by atoms with E-state index in [-0.39, 0.29) is 24.2 Å². The van der Waals surface area contributed by atoms with Crippen molar-refractivity contribution < 1.29 is 19.1 Å². The van der Waals surface area contributed by atoms with Crippen LogP contribution in [0.2, 0.25) is 0 Å². The predicted octanol–water partition coefficient (Wildman–Crippen LogP) is 4.01. The van der Waals surface area contributed by atoms with Crippen molar-refractivity contribution in [3.8, 4) is 0 Å². The lowest BCUT2D eigenvalue weighted by atomic mass is 10.0. The second-order valence-electron chi connectivity index (χ2n) is 7.69. The molecule has 1 unspecified atom stereocenters. The molecule has 0 aliphatic rings. The van der Waals surface area contributed by atoms with Crippen molar-refractivity contribution in [1.29, 1.82) is 0 Å². The minimum Gasteiger partial charge on any atom is -0.481 e. The average molecular weight is 395 g/mol. The summed E-state index contributed by atoms with van der Waals surface area (Å²) in [6, 6.07) is 6.59. The average Bonchev–Trinajstić information content (AvgIpc) is 2.60. The van der Waals surface area contributed by atoms with Gasteiger partial charge in [0.1, 0.15) is 5.82 Å². The van der Waals surface area contributed by atoms with E-state index in [9.17, 15) is 14.0 Å². The molecule has 6 heteroatoms. The van der Waals surface area contributed by atoms with Crippen molar-refractivity contribution in [2.24, 2.45) is 0 Å². The standard InChI is InChI=1S/C22H35FN2O3/c1-25(2)17-19(16-22(27)28)24-21(26)15-9-7-5-3-4-6-8-12-18-13-10-11-14-20(18)23/h10-11,13-14,19H,3-9,12,15-17H2,1-2H3,(H,24,26)(H,27,28). The third-order valence-electron chi connectivity index (χ3n) is 4.68. The van der Waals surface area contributed by atoms with E-state index in [0.717, 1.165) is 56.9 Å². The molecule has 0 aliphatic carbocycles. The Kier molecular flexibility index (Phi) is 12.1. The molecule has 1 aromatic rings. The lowest BCUT2D eigenvalue weighted by Crippen LogP contribution is -2.42. The van der Waals surface area contributed by atoms with Gasteiger partial charge in [-0.05, 0) is 45.0 Å². The van der Waals surface area contributed by atoms with Gasteiger partial charge in [0.25, 0.3) is 0 Å². The highest BCUT2D eigenvalue weighted by molar-refractivity contribution is 5.77. The number of unbranched alkanes of at least 4 members (excludes halogenated alkanes) is 6. The summed E-state index contributed by atoms with van der Waals surface area (Å²) in [5, 5.41) is 11.8. The maximum atomic E-state index is 13.5. The summed E-state index contributed by atoms with van der Waals surface area (Å²) >= 11 is 0. The van der Waals surface area contributed by atoms with Crippen LogP contribution in [0.15, 0.2) is 24.3 Å². The number of hydrogen-bond donors (Lipinski definition) is 2. The maximum absolute atomic E-state index is 13.5. The molecule has 0 saturated carbocycles. The van der Waals surface area contributed by atoms with Gasteiger partial charge in [-0.2, -0.15) is 0 Å². The summed E-state index contributed by atoms with van der Waals surface area (Å²) in [7, 11) is 3.72. The summed E-state index contributed by atoms with van der Waals surface area (Å²) in [6.07, 6.45) is 8.43. The number of halogens is 1. The molecule has 1 aromatic carbocycles. The monoisotopic (exact) mass is 394 g/mol. The van der Waals surface area contributed by atoms with Crippen molar-refractivity contribution in [3.63, 3.8) is 0 Å². The van der Waals surface area contributed by atoms with Gasteiger partial charge in [-0.3, -0.25) is 9.59 Å². The molecule has 5 nitrogen and oxygen atoms in total. The van der Waals surface area contributed by atoms with Crippen LogP contribution in [0.3, 0.4) is 0 Å². The highest BCUT2D eigenvalue weighted by Crippen LogP contribution is 2.13. The van der Waals surface area contributed by atoms with Gasteiger partial charge in [0.05, 0.1) is 12.5 Å². The highest BCUT2D eigenvalue weighted by atomic mass is 19.1. The minimum atomic E-state index is -0.901. The SMILES string of the molecule is CN(C)CC(CC(=O)O)NC(=O)CCCCCCCCCc1ccccc1F. The number of nitrogens with zero attached hydrogens (tertiary/aromatic N) is 1. The molecule has 28 heavy (non-hydrogen) atoms. The van der Waals surface area contributed by atoms with E-state index in [1.54, 1.807) is 6.07 Å². The number of carboxylic acid groups (broad SMARTS) is 1. The summed E-state index contributed by atoms with van der Waals surface area (Å²) in [5.74, 6) is -1.09. The van der Waals surface area contributed by atoms with Gasteiger partial charge in [0, 0.05) is 13.0 Å². The molecule has 0 heterocycles. The third kappa shape index (κ3) is 11.7. The van der Waals surface area contributed by atoms with Gasteiger partial charge < -0.3 is 15.3 Å². The first kappa shape index (κ1) is 24.1. The normalized spacial score (nSPS) is 12.1. The lowest BCUT2D eigenvalue weighted by Gasteiger charge is -2.20. The van der Waals surface area contributed by atoms with Crippen molar-refractivity contribution >= 4 is 11.9 Å². The fraction of sp³-hybridized carbons (Fsp3) is 0.636. The van der Waals surface area contributed by atoms with Crippen LogP contribution in [-0.2, 0) is 16.0 Å². The smallest absolute Gasteiger partial charge is 0.305 e. The van der Waals surface area contributed by atoms with Crippen LogP contribution in [0.5, 0.6) is 0 Å². The Morgan fingerprint density at radius 1 is 1.04 bits per heavy atom. The Morgan fingerprint density at radius 3 is 2.25 bits per heavy atom. The van der Waals surface area contributed by atoms with E-state index in [1.807, 2.05) is 31.1 Å². The van der Waals surface area contributed by atoms with Crippen LogP contribution < -0.4 is 5.32 Å². The molecule has 0 radical (unpaired) electrons. The summed E-state index contributed by atoms with van der Waals surface area (Å²) in [5.41, 5.74) is 0.795. The first-order valence-electron chi connectivity index (χ1n) is 10.3. The number of amides is 1. The van der Waals surface area contributed by atoms with Gasteiger partial charge in [-0.1, -0.05) is 50.3 Å². The van der Waals surface area contributed by atoms with E-state index >= 15 is 0 Å². The van der Waals surface area contributed by atoms with Gasteiger partial charge >= 0.3 is 5.97 Å². The molecule has 0 aromatic heterocycles. The number of aryl methyl sites for hydroxylation is 1. The fourth-order valence-electron chi connectivity index (χ4n) is 3.30. The molecule has 0 aliphatic heterocycles. The van der Waals surface area contributed by atoms with Crippen LogP contribution in [-0.4, -0.2) is 48.6 Å². The zero-order valence-corrected chi connectivity index (χ0v) is 17.3. The largest absolute Gasteiger partial charge is 0.481 e. The number of benzene rings is 1. The number of nitrogens with one attached hydrogen (secondary N) is 1. The zero-order chi connectivity index (χ0) is 20.8. The van der Waals surface area contributed by atoms with Gasteiger partial charge in [0.2, 0.25) is 5.91 Å². The van der Waals surface area contributed by atoms with Crippen LogP contribution in [0.1, 0.15) is 63.4 Å². The van der Waals surface area contributed by atoms with Gasteiger partial charge in [0.15, 0.2) is 0 Å². The fourth-order valence-corrected chi connectivity index (χ4v) is 3.30. The molecule has 1 atom stereocenters. The third-order valence-corrected chi connectivity index (χ3v) is 4.68. The lowest BCUT2D eigenvalue weighted by molar-refractivity contribution is -0.137. The minimum absolute atomic E-state index is 0.0587. The van der Waals surface area contributed by atoms with Gasteiger partial charge in [-0.15, -0.1) is 0 Å². The van der Waals surface area contributed by atoms with E-state index in [4.69, 9.17) is 5.11 Å². The zero-order valence-electron chi connectivity index (χ0n) is 17.3. The number of carbonyl (C=O) groups is 2. The van der Waals surface area contributed by atoms with E-state index in [0.29, 0.717) is 13.0 Å². The molecule has 0 bridgehead atoms. The number of carboxylic acids is 1. The number of aliphatic carboxylic acids is 1. The summed E-state index contributed by atoms with van der Waals surface area (Å²) in [4.78, 5) is 24.8. The number of likely N-dealkylation sites (N-methyl/N-ethyl adjacent to an activating group) is 1. The van der Waals surface area contributed by atoms with Crippen molar-refractivity contribution in [2.45, 2.75) is 70.3 Å². The molecule has 0 fully saturated rings. The molecule has 1 amide bonds. The van der Waals surface area contributed by atoms with Crippen molar-refractivity contribution in [2.75, 3.05) is 20.6 Å². The molecule has 1 rings (SSSR count).